The molecule has 2 aromatic heterocycles. The van der Waals surface area contributed by atoms with Gasteiger partial charge in [-0.2, -0.15) is 0 Å². The molecule has 6 heteroatoms. The van der Waals surface area contributed by atoms with Gasteiger partial charge in [0.2, 0.25) is 0 Å². The van der Waals surface area contributed by atoms with Gasteiger partial charge in [0.25, 0.3) is 0 Å². The summed E-state index contributed by atoms with van der Waals surface area (Å²) in [6.07, 6.45) is 0.0653. The Morgan fingerprint density at radius 3 is 2.95 bits per heavy atom. The van der Waals surface area contributed by atoms with Crippen molar-refractivity contribution in [3.05, 3.63) is 35.7 Å². The SMILES string of the molecule is COc1csc(-c2nc3ccccc3n2CCC(=O)O)c1. The monoisotopic (exact) mass is 302 g/mol. The van der Waals surface area contributed by atoms with Crippen LogP contribution in [-0.4, -0.2) is 27.7 Å². The zero-order chi connectivity index (χ0) is 14.8. The highest BCUT2D eigenvalue weighted by Crippen LogP contribution is 2.32. The topological polar surface area (TPSA) is 64.4 Å². The third-order valence-corrected chi connectivity index (χ3v) is 4.14. The first-order valence-electron chi connectivity index (χ1n) is 6.49. The van der Waals surface area contributed by atoms with Gasteiger partial charge in [-0.1, -0.05) is 12.1 Å². The van der Waals surface area contributed by atoms with E-state index in [2.05, 4.69) is 4.98 Å². The second kappa shape index (κ2) is 5.57. The Balaban J connectivity index is 2.11. The van der Waals surface area contributed by atoms with Gasteiger partial charge in [0.1, 0.15) is 5.75 Å². The number of aryl methyl sites for hydroxylation is 1. The molecule has 2 heterocycles. The third kappa shape index (κ3) is 2.62. The predicted octanol–water partition coefficient (Wildman–Crippen LogP) is 3.25. The Labute approximate surface area is 125 Å². The van der Waals surface area contributed by atoms with Crippen molar-refractivity contribution in [3.8, 4) is 16.5 Å². The minimum Gasteiger partial charge on any atom is -0.496 e. The number of aliphatic carboxylic acids is 1. The van der Waals surface area contributed by atoms with Gasteiger partial charge < -0.3 is 14.4 Å². The van der Waals surface area contributed by atoms with Crippen LogP contribution in [0.15, 0.2) is 35.7 Å². The van der Waals surface area contributed by atoms with Crippen molar-refractivity contribution in [1.29, 1.82) is 0 Å². The molecule has 21 heavy (non-hydrogen) atoms. The van der Waals surface area contributed by atoms with Crippen LogP contribution in [0.4, 0.5) is 0 Å². The van der Waals surface area contributed by atoms with Crippen molar-refractivity contribution in [2.24, 2.45) is 0 Å². The Morgan fingerprint density at radius 1 is 1.43 bits per heavy atom. The number of thiophene rings is 1. The number of methoxy groups -OCH3 is 1. The standard InChI is InChI=1S/C15H14N2O3S/c1-20-10-8-13(21-9-10)15-16-11-4-2-3-5-12(11)17(15)7-6-14(18)19/h2-5,8-9H,6-7H2,1H3,(H,18,19). The van der Waals surface area contributed by atoms with E-state index in [-0.39, 0.29) is 6.42 Å². The summed E-state index contributed by atoms with van der Waals surface area (Å²) in [6, 6.07) is 9.67. The normalized spacial score (nSPS) is 10.9. The van der Waals surface area contributed by atoms with Crippen molar-refractivity contribution in [1.82, 2.24) is 9.55 Å². The number of ether oxygens (including phenoxy) is 1. The molecule has 0 fully saturated rings. The number of carbonyl (C=O) groups is 1. The lowest BCUT2D eigenvalue weighted by atomic mass is 10.3. The minimum atomic E-state index is -0.817. The molecular weight excluding hydrogens is 288 g/mol. The third-order valence-electron chi connectivity index (χ3n) is 3.24. The number of aromatic nitrogens is 2. The zero-order valence-electron chi connectivity index (χ0n) is 11.4. The first-order chi connectivity index (χ1) is 10.2. The molecule has 0 aliphatic carbocycles. The maximum atomic E-state index is 10.9. The van der Waals surface area contributed by atoms with E-state index in [0.717, 1.165) is 27.5 Å². The number of benzene rings is 1. The average molecular weight is 302 g/mol. The molecule has 108 valence electrons. The summed E-state index contributed by atoms with van der Waals surface area (Å²) in [5.74, 6) is 0.750. The molecule has 0 atom stereocenters. The number of para-hydroxylation sites is 2. The van der Waals surface area contributed by atoms with Gasteiger partial charge in [-0.3, -0.25) is 4.79 Å². The molecule has 1 N–H and O–H groups in total. The number of hydrogen-bond acceptors (Lipinski definition) is 4. The Morgan fingerprint density at radius 2 is 2.24 bits per heavy atom. The van der Waals surface area contributed by atoms with Crippen molar-refractivity contribution >= 4 is 28.3 Å². The van der Waals surface area contributed by atoms with Crippen molar-refractivity contribution in [2.75, 3.05) is 7.11 Å². The molecular formula is C15H14N2O3S. The number of hydrogen-bond donors (Lipinski definition) is 1. The second-order valence-electron chi connectivity index (χ2n) is 4.57. The number of rotatable bonds is 5. The maximum Gasteiger partial charge on any atom is 0.305 e. The molecule has 0 bridgehead atoms. The van der Waals surface area contributed by atoms with E-state index in [0.29, 0.717) is 6.54 Å². The van der Waals surface area contributed by atoms with Crippen LogP contribution in [-0.2, 0) is 11.3 Å². The zero-order valence-corrected chi connectivity index (χ0v) is 12.3. The Bertz CT molecular complexity index is 791. The fraction of sp³-hybridized carbons (Fsp3) is 0.200. The highest BCUT2D eigenvalue weighted by molar-refractivity contribution is 7.13. The number of nitrogens with zero attached hydrogens (tertiary/aromatic N) is 2. The van der Waals surface area contributed by atoms with E-state index in [1.54, 1.807) is 7.11 Å². The van der Waals surface area contributed by atoms with Gasteiger partial charge in [0.05, 0.1) is 29.4 Å². The van der Waals surface area contributed by atoms with Gasteiger partial charge in [-0.15, -0.1) is 11.3 Å². The Kier molecular flexibility index (Phi) is 3.62. The van der Waals surface area contributed by atoms with Crippen LogP contribution in [0.3, 0.4) is 0 Å². The smallest absolute Gasteiger partial charge is 0.305 e. The summed E-state index contributed by atoms with van der Waals surface area (Å²) >= 11 is 1.54. The highest BCUT2D eigenvalue weighted by atomic mass is 32.1. The average Bonchev–Trinajstić information content (AvgIpc) is 3.09. The molecule has 0 saturated heterocycles. The lowest BCUT2D eigenvalue weighted by Crippen LogP contribution is -2.05. The van der Waals surface area contributed by atoms with Crippen molar-refractivity contribution in [3.63, 3.8) is 0 Å². The second-order valence-corrected chi connectivity index (χ2v) is 5.48. The van der Waals surface area contributed by atoms with E-state index in [9.17, 15) is 4.79 Å². The predicted molar refractivity (Wildman–Crippen MR) is 81.9 cm³/mol. The Hall–Kier alpha value is -2.34. The van der Waals surface area contributed by atoms with Gasteiger partial charge in [-0.25, -0.2) is 4.98 Å². The maximum absolute atomic E-state index is 10.9. The summed E-state index contributed by atoms with van der Waals surface area (Å²) in [7, 11) is 1.62. The highest BCUT2D eigenvalue weighted by Gasteiger charge is 2.15. The number of carboxylic acids is 1. The van der Waals surface area contributed by atoms with Gasteiger partial charge in [-0.05, 0) is 12.1 Å². The van der Waals surface area contributed by atoms with E-state index in [1.807, 2.05) is 40.3 Å². The first kappa shape index (κ1) is 13.6. The van der Waals surface area contributed by atoms with Gasteiger partial charge in [0, 0.05) is 18.0 Å². The molecule has 0 aliphatic rings. The van der Waals surface area contributed by atoms with Crippen LogP contribution in [0.5, 0.6) is 5.75 Å². The number of imidazole rings is 1. The fourth-order valence-electron chi connectivity index (χ4n) is 2.24. The van der Waals surface area contributed by atoms with Crippen LogP contribution >= 0.6 is 11.3 Å². The first-order valence-corrected chi connectivity index (χ1v) is 7.37. The van der Waals surface area contributed by atoms with Gasteiger partial charge in [0.15, 0.2) is 5.82 Å². The number of fused-ring (bicyclic) bond motifs is 1. The summed E-state index contributed by atoms with van der Waals surface area (Å²) in [4.78, 5) is 16.5. The van der Waals surface area contributed by atoms with Crippen LogP contribution < -0.4 is 4.74 Å². The van der Waals surface area contributed by atoms with Crippen molar-refractivity contribution in [2.45, 2.75) is 13.0 Å². The molecule has 0 spiro atoms. The van der Waals surface area contributed by atoms with Gasteiger partial charge >= 0.3 is 5.97 Å². The lowest BCUT2D eigenvalue weighted by Gasteiger charge is -2.06. The van der Waals surface area contributed by atoms with Crippen molar-refractivity contribution < 1.29 is 14.6 Å². The number of carboxylic acid groups (broad SMARTS) is 1. The van der Waals surface area contributed by atoms with E-state index >= 15 is 0 Å². The summed E-state index contributed by atoms with van der Waals surface area (Å²) in [6.45, 7) is 0.394. The molecule has 3 rings (SSSR count). The fourth-order valence-corrected chi connectivity index (χ4v) is 3.09. The molecule has 0 saturated carbocycles. The van der Waals surface area contributed by atoms with E-state index in [1.165, 1.54) is 11.3 Å². The molecule has 3 aromatic rings. The van der Waals surface area contributed by atoms with E-state index in [4.69, 9.17) is 9.84 Å². The van der Waals surface area contributed by atoms with Crippen LogP contribution in [0.1, 0.15) is 6.42 Å². The summed E-state index contributed by atoms with van der Waals surface area (Å²) in [5.41, 5.74) is 1.81. The van der Waals surface area contributed by atoms with E-state index < -0.39 is 5.97 Å². The minimum absolute atomic E-state index is 0.0653. The lowest BCUT2D eigenvalue weighted by molar-refractivity contribution is -0.137. The molecule has 0 amide bonds. The van der Waals surface area contributed by atoms with Crippen LogP contribution in [0, 0.1) is 0 Å². The quantitative estimate of drug-likeness (QED) is 0.785. The molecule has 5 nitrogen and oxygen atoms in total. The summed E-state index contributed by atoms with van der Waals surface area (Å²) in [5, 5.41) is 10.8. The van der Waals surface area contributed by atoms with Crippen LogP contribution in [0.2, 0.25) is 0 Å². The molecule has 0 aliphatic heterocycles. The molecule has 1 aromatic carbocycles. The molecule has 0 unspecified atom stereocenters. The molecule has 0 radical (unpaired) electrons. The largest absolute Gasteiger partial charge is 0.496 e. The summed E-state index contributed by atoms with van der Waals surface area (Å²) < 4.78 is 7.16. The van der Waals surface area contributed by atoms with Crippen LogP contribution in [0.25, 0.3) is 21.7 Å².